The van der Waals surface area contributed by atoms with E-state index in [1.165, 1.54) is 167 Å². The second-order valence-electron chi connectivity index (χ2n) is 14.8. The van der Waals surface area contributed by atoms with Crippen LogP contribution in [0.5, 0.6) is 0 Å². The van der Waals surface area contributed by atoms with Gasteiger partial charge in [0, 0.05) is 6.54 Å². The van der Waals surface area contributed by atoms with Gasteiger partial charge in [-0.2, -0.15) is 0 Å². The maximum absolute atomic E-state index is 12.2. The number of aliphatic hydroxyl groups excluding tert-OH is 1. The van der Waals surface area contributed by atoms with Gasteiger partial charge in [-0.1, -0.05) is 195 Å². The van der Waals surface area contributed by atoms with Crippen LogP contribution < -0.4 is 0 Å². The highest BCUT2D eigenvalue weighted by molar-refractivity contribution is 5.71. The number of esters is 1. The lowest BCUT2D eigenvalue weighted by Gasteiger charge is -2.21. The molecule has 0 aromatic rings. The van der Waals surface area contributed by atoms with E-state index in [4.69, 9.17) is 4.74 Å². The number of nitrogens with zero attached hydrogens (tertiary/aromatic N) is 1. The van der Waals surface area contributed by atoms with Crippen molar-refractivity contribution >= 4 is 5.97 Å². The molecule has 0 saturated heterocycles. The highest BCUT2D eigenvalue weighted by Crippen LogP contribution is 2.25. The van der Waals surface area contributed by atoms with Crippen LogP contribution in [0.15, 0.2) is 0 Å². The Morgan fingerprint density at radius 1 is 0.500 bits per heavy atom. The van der Waals surface area contributed by atoms with Crippen LogP contribution in [0.25, 0.3) is 0 Å². The van der Waals surface area contributed by atoms with Gasteiger partial charge in [0.2, 0.25) is 0 Å². The van der Waals surface area contributed by atoms with Crippen molar-refractivity contribution in [2.24, 2.45) is 11.8 Å². The molecule has 1 N–H and O–H groups in total. The Bertz CT molecular complexity index is 581. The molecule has 46 heavy (non-hydrogen) atoms. The first kappa shape index (κ1) is 45.4. The number of aliphatic hydroxyl groups is 1. The van der Waals surface area contributed by atoms with Gasteiger partial charge in [-0.25, -0.2) is 0 Å². The molecule has 0 aromatic heterocycles. The Balaban J connectivity index is 3.95. The van der Waals surface area contributed by atoms with E-state index < -0.39 is 0 Å². The maximum atomic E-state index is 12.2. The summed E-state index contributed by atoms with van der Waals surface area (Å²) >= 11 is 0. The Morgan fingerprint density at radius 3 is 1.33 bits per heavy atom. The van der Waals surface area contributed by atoms with Gasteiger partial charge in [-0.05, 0) is 44.7 Å². The van der Waals surface area contributed by atoms with E-state index in [9.17, 15) is 9.90 Å². The largest absolute Gasteiger partial charge is 0.465 e. The van der Waals surface area contributed by atoms with Crippen molar-refractivity contribution in [1.82, 2.24) is 4.90 Å². The van der Waals surface area contributed by atoms with Gasteiger partial charge < -0.3 is 14.7 Å². The van der Waals surface area contributed by atoms with Crippen LogP contribution in [-0.2, 0) is 9.53 Å². The van der Waals surface area contributed by atoms with Crippen LogP contribution in [0.2, 0.25) is 0 Å². The standard InChI is InChI=1S/C42H85NO3/c1-5-8-11-14-18-25-32-41(33-26-19-15-12-9-6-2)34-27-20-16-21-28-35-43(37-38-44)36-29-22-17-23-30-39-46-42(45)40(4)31-24-13-10-7-3/h40-41,44H,5-39H2,1-4H3. The molecule has 0 fully saturated rings. The fraction of sp³-hybridized carbons (Fsp3) is 0.976. The molecule has 1 unspecified atom stereocenters. The molecule has 1 atom stereocenters. The molecule has 0 aliphatic carbocycles. The highest BCUT2D eigenvalue weighted by atomic mass is 16.5. The Hall–Kier alpha value is -0.610. The summed E-state index contributed by atoms with van der Waals surface area (Å²) in [5.74, 6) is 1.01. The molecule has 0 aliphatic rings. The molecule has 0 spiro atoms. The van der Waals surface area contributed by atoms with Crippen molar-refractivity contribution in [3.8, 4) is 0 Å². The smallest absolute Gasteiger partial charge is 0.308 e. The monoisotopic (exact) mass is 652 g/mol. The molecule has 0 rings (SSSR count). The topological polar surface area (TPSA) is 49.8 Å². The minimum Gasteiger partial charge on any atom is -0.465 e. The van der Waals surface area contributed by atoms with Gasteiger partial charge >= 0.3 is 5.97 Å². The number of carbonyl (C=O) groups excluding carboxylic acids is 1. The average molecular weight is 652 g/mol. The number of carbonyl (C=O) groups is 1. The summed E-state index contributed by atoms with van der Waals surface area (Å²) in [5.41, 5.74) is 0. The summed E-state index contributed by atoms with van der Waals surface area (Å²) in [5, 5.41) is 9.56. The molecule has 276 valence electrons. The van der Waals surface area contributed by atoms with E-state index >= 15 is 0 Å². The van der Waals surface area contributed by atoms with Crippen molar-refractivity contribution in [2.45, 2.75) is 220 Å². The van der Waals surface area contributed by atoms with Crippen molar-refractivity contribution in [3.63, 3.8) is 0 Å². The predicted molar refractivity (Wildman–Crippen MR) is 203 cm³/mol. The normalized spacial score (nSPS) is 12.4. The van der Waals surface area contributed by atoms with Crippen molar-refractivity contribution in [2.75, 3.05) is 32.8 Å². The van der Waals surface area contributed by atoms with Crippen molar-refractivity contribution in [3.05, 3.63) is 0 Å². The molecule has 4 nitrogen and oxygen atoms in total. The van der Waals surface area contributed by atoms with Gasteiger partial charge in [0.15, 0.2) is 0 Å². The fourth-order valence-electron chi connectivity index (χ4n) is 6.91. The fourth-order valence-corrected chi connectivity index (χ4v) is 6.91. The van der Waals surface area contributed by atoms with E-state index in [1.807, 2.05) is 6.92 Å². The summed E-state index contributed by atoms with van der Waals surface area (Å²) in [6, 6.07) is 0. The van der Waals surface area contributed by atoms with Crippen molar-refractivity contribution in [1.29, 1.82) is 0 Å². The van der Waals surface area contributed by atoms with Gasteiger partial charge in [0.1, 0.15) is 0 Å². The zero-order valence-corrected chi connectivity index (χ0v) is 32.1. The second kappa shape index (κ2) is 37.2. The second-order valence-corrected chi connectivity index (χ2v) is 14.8. The van der Waals surface area contributed by atoms with Gasteiger partial charge in [-0.3, -0.25) is 4.79 Å². The van der Waals surface area contributed by atoms with E-state index in [2.05, 4.69) is 25.7 Å². The summed E-state index contributed by atoms with van der Waals surface area (Å²) in [7, 11) is 0. The molecule has 0 radical (unpaired) electrons. The van der Waals surface area contributed by atoms with E-state index in [1.54, 1.807) is 0 Å². The average Bonchev–Trinajstić information content (AvgIpc) is 3.06. The summed E-state index contributed by atoms with van der Waals surface area (Å²) in [6.07, 6.45) is 39.9. The highest BCUT2D eigenvalue weighted by Gasteiger charge is 2.14. The third-order valence-electron chi connectivity index (χ3n) is 10.2. The summed E-state index contributed by atoms with van der Waals surface area (Å²) in [4.78, 5) is 14.6. The zero-order chi connectivity index (χ0) is 33.8. The first-order chi connectivity index (χ1) is 22.6. The van der Waals surface area contributed by atoms with Crippen LogP contribution in [0.3, 0.4) is 0 Å². The molecular formula is C42H85NO3. The third kappa shape index (κ3) is 32.0. The number of ether oxygens (including phenoxy) is 1. The molecular weight excluding hydrogens is 566 g/mol. The Labute approximate surface area is 290 Å². The molecule has 0 saturated carbocycles. The molecule has 0 bridgehead atoms. The minimum atomic E-state index is -0.00710. The SMILES string of the molecule is CCCCCCCCC(CCCCCCCC)CCCCCCCN(CCO)CCCCCCCOC(=O)C(C)CCCCCC. The molecule has 0 heterocycles. The van der Waals surface area contributed by atoms with Crippen LogP contribution in [-0.4, -0.2) is 48.8 Å². The summed E-state index contributed by atoms with van der Waals surface area (Å²) < 4.78 is 5.51. The molecule has 0 amide bonds. The first-order valence-corrected chi connectivity index (χ1v) is 21.1. The molecule has 4 heteroatoms. The third-order valence-corrected chi connectivity index (χ3v) is 10.2. The maximum Gasteiger partial charge on any atom is 0.308 e. The minimum absolute atomic E-state index is 0.00710. The van der Waals surface area contributed by atoms with Gasteiger partial charge in [0.05, 0.1) is 19.1 Å². The van der Waals surface area contributed by atoms with E-state index in [-0.39, 0.29) is 18.5 Å². The van der Waals surface area contributed by atoms with Crippen LogP contribution in [0.4, 0.5) is 0 Å². The number of unbranched alkanes of at least 4 members (excludes halogenated alkanes) is 21. The lowest BCUT2D eigenvalue weighted by Crippen LogP contribution is -2.29. The van der Waals surface area contributed by atoms with Crippen LogP contribution >= 0.6 is 0 Å². The number of rotatable bonds is 38. The molecule has 0 aromatic carbocycles. The lowest BCUT2D eigenvalue weighted by molar-refractivity contribution is -0.148. The van der Waals surface area contributed by atoms with E-state index in [0.29, 0.717) is 6.61 Å². The van der Waals surface area contributed by atoms with Crippen LogP contribution in [0, 0.1) is 11.8 Å². The first-order valence-electron chi connectivity index (χ1n) is 21.1. The zero-order valence-electron chi connectivity index (χ0n) is 32.1. The van der Waals surface area contributed by atoms with E-state index in [0.717, 1.165) is 51.2 Å². The van der Waals surface area contributed by atoms with Gasteiger partial charge in [0.25, 0.3) is 0 Å². The van der Waals surface area contributed by atoms with Crippen molar-refractivity contribution < 1.29 is 14.6 Å². The van der Waals surface area contributed by atoms with Crippen LogP contribution in [0.1, 0.15) is 220 Å². The van der Waals surface area contributed by atoms with Gasteiger partial charge in [-0.15, -0.1) is 0 Å². The molecule has 0 aliphatic heterocycles. The number of hydrogen-bond donors (Lipinski definition) is 1. The number of hydrogen-bond acceptors (Lipinski definition) is 4. The lowest BCUT2D eigenvalue weighted by atomic mass is 9.89. The summed E-state index contributed by atoms with van der Waals surface area (Å²) in [6.45, 7) is 12.7. The predicted octanol–water partition coefficient (Wildman–Crippen LogP) is 12.8. The Morgan fingerprint density at radius 2 is 0.870 bits per heavy atom. The quantitative estimate of drug-likeness (QED) is 0.0533. The Kier molecular flexibility index (Phi) is 36.7.